The highest BCUT2D eigenvalue weighted by atomic mass is 19.1. The quantitative estimate of drug-likeness (QED) is 0.429. The van der Waals surface area contributed by atoms with E-state index in [0.29, 0.717) is 29.1 Å². The van der Waals surface area contributed by atoms with Crippen LogP contribution in [0.1, 0.15) is 17.3 Å². The minimum absolute atomic E-state index is 0.00745. The van der Waals surface area contributed by atoms with Crippen molar-refractivity contribution in [1.82, 2.24) is 4.98 Å². The molecule has 1 heterocycles. The molecule has 31 heavy (non-hydrogen) atoms. The number of carboxylic acids is 1. The Balaban J connectivity index is 1.83. The Morgan fingerprint density at radius 2 is 1.87 bits per heavy atom. The summed E-state index contributed by atoms with van der Waals surface area (Å²) in [4.78, 5) is 16.3. The third-order valence-corrected chi connectivity index (χ3v) is 4.95. The summed E-state index contributed by atoms with van der Waals surface area (Å²) in [5, 5.41) is 9.88. The van der Waals surface area contributed by atoms with Gasteiger partial charge in [0, 0.05) is 16.5 Å². The van der Waals surface area contributed by atoms with E-state index in [9.17, 15) is 14.3 Å². The number of carbonyl (C=O) groups is 1. The molecule has 4 aromatic rings. The predicted octanol–water partition coefficient (Wildman–Crippen LogP) is 5.81. The Kier molecular flexibility index (Phi) is 5.54. The van der Waals surface area contributed by atoms with Crippen LogP contribution in [0.5, 0.6) is 11.5 Å². The normalized spacial score (nSPS) is 10.8. The van der Waals surface area contributed by atoms with Crippen molar-refractivity contribution in [1.29, 1.82) is 0 Å². The molecular weight excluding hydrogens is 397 g/mol. The van der Waals surface area contributed by atoms with Gasteiger partial charge in [-0.15, -0.1) is 0 Å². The molecular formula is C25H20FNO4. The number of aromatic nitrogens is 1. The summed E-state index contributed by atoms with van der Waals surface area (Å²) in [7, 11) is 1.58. The second-order valence-electron chi connectivity index (χ2n) is 6.90. The molecule has 0 saturated heterocycles. The van der Waals surface area contributed by atoms with E-state index in [4.69, 9.17) is 9.47 Å². The topological polar surface area (TPSA) is 68.7 Å². The van der Waals surface area contributed by atoms with Crippen molar-refractivity contribution in [3.8, 4) is 33.9 Å². The number of fused-ring (bicyclic) bond motifs is 1. The number of rotatable bonds is 6. The van der Waals surface area contributed by atoms with Crippen LogP contribution in [0.3, 0.4) is 0 Å². The molecule has 1 aromatic heterocycles. The van der Waals surface area contributed by atoms with Gasteiger partial charge in [-0.3, -0.25) is 0 Å². The number of nitrogens with zero attached hydrogens (tertiary/aromatic N) is 1. The third-order valence-electron chi connectivity index (χ3n) is 4.95. The average Bonchev–Trinajstić information content (AvgIpc) is 2.78. The number of halogens is 1. The standard InChI is InChI=1S/C25H20FNO4/c1-3-31-18-6-4-5-15(11-18)19-9-7-16(12-24(19)30-2)23-14-21(25(28)29)20-13-17(26)8-10-22(20)27-23/h4-14H,3H2,1-2H3,(H,28,29). The van der Waals surface area contributed by atoms with Crippen molar-refractivity contribution >= 4 is 16.9 Å². The maximum absolute atomic E-state index is 13.6. The average molecular weight is 417 g/mol. The molecule has 0 fully saturated rings. The smallest absolute Gasteiger partial charge is 0.336 e. The van der Waals surface area contributed by atoms with Gasteiger partial charge in [0.1, 0.15) is 17.3 Å². The first-order valence-electron chi connectivity index (χ1n) is 9.75. The summed E-state index contributed by atoms with van der Waals surface area (Å²) in [5.41, 5.74) is 3.35. The van der Waals surface area contributed by atoms with Gasteiger partial charge in [0.05, 0.1) is 30.5 Å². The Bertz CT molecular complexity index is 1290. The van der Waals surface area contributed by atoms with E-state index in [-0.39, 0.29) is 10.9 Å². The number of aromatic carboxylic acids is 1. The fraction of sp³-hybridized carbons (Fsp3) is 0.120. The van der Waals surface area contributed by atoms with Crippen LogP contribution in [0.25, 0.3) is 33.3 Å². The summed E-state index contributed by atoms with van der Waals surface area (Å²) in [6.07, 6.45) is 0. The Hall–Kier alpha value is -3.93. The minimum atomic E-state index is -1.14. The number of pyridine rings is 1. The van der Waals surface area contributed by atoms with Gasteiger partial charge in [0.15, 0.2) is 0 Å². The lowest BCUT2D eigenvalue weighted by Gasteiger charge is -2.13. The molecule has 1 N–H and O–H groups in total. The van der Waals surface area contributed by atoms with Crippen LogP contribution in [0.2, 0.25) is 0 Å². The molecule has 6 heteroatoms. The van der Waals surface area contributed by atoms with Gasteiger partial charge >= 0.3 is 5.97 Å². The molecule has 0 amide bonds. The molecule has 0 aliphatic heterocycles. The van der Waals surface area contributed by atoms with E-state index in [2.05, 4.69) is 4.98 Å². The lowest BCUT2D eigenvalue weighted by atomic mass is 9.99. The van der Waals surface area contributed by atoms with Gasteiger partial charge in [-0.05, 0) is 61.0 Å². The zero-order chi connectivity index (χ0) is 22.0. The van der Waals surface area contributed by atoms with Crippen molar-refractivity contribution < 1.29 is 23.8 Å². The summed E-state index contributed by atoms with van der Waals surface area (Å²) in [5.74, 6) is -0.273. The highest BCUT2D eigenvalue weighted by Gasteiger charge is 2.15. The number of ether oxygens (including phenoxy) is 2. The Morgan fingerprint density at radius 3 is 2.61 bits per heavy atom. The maximum Gasteiger partial charge on any atom is 0.336 e. The number of carboxylic acid groups (broad SMARTS) is 1. The van der Waals surface area contributed by atoms with Crippen LogP contribution >= 0.6 is 0 Å². The molecule has 156 valence electrons. The highest BCUT2D eigenvalue weighted by Crippen LogP contribution is 2.36. The SMILES string of the molecule is CCOc1cccc(-c2ccc(-c3cc(C(=O)O)c4cc(F)ccc4n3)cc2OC)c1. The van der Waals surface area contributed by atoms with Crippen LogP contribution in [0, 0.1) is 5.82 Å². The molecule has 0 bridgehead atoms. The molecule has 0 atom stereocenters. The minimum Gasteiger partial charge on any atom is -0.496 e. The first-order chi connectivity index (χ1) is 15.0. The van der Waals surface area contributed by atoms with E-state index < -0.39 is 11.8 Å². The largest absolute Gasteiger partial charge is 0.496 e. The van der Waals surface area contributed by atoms with E-state index in [1.165, 1.54) is 24.3 Å². The molecule has 0 spiro atoms. The van der Waals surface area contributed by atoms with E-state index in [1.807, 2.05) is 49.4 Å². The zero-order valence-electron chi connectivity index (χ0n) is 17.1. The third kappa shape index (κ3) is 4.05. The first-order valence-corrected chi connectivity index (χ1v) is 9.75. The van der Waals surface area contributed by atoms with Gasteiger partial charge in [-0.25, -0.2) is 14.2 Å². The van der Waals surface area contributed by atoms with Crippen LogP contribution < -0.4 is 9.47 Å². The summed E-state index contributed by atoms with van der Waals surface area (Å²) < 4.78 is 24.8. The molecule has 3 aromatic carbocycles. The van der Waals surface area contributed by atoms with Crippen molar-refractivity contribution in [2.45, 2.75) is 6.92 Å². The number of hydrogen-bond donors (Lipinski definition) is 1. The lowest BCUT2D eigenvalue weighted by Crippen LogP contribution is -2.01. The molecule has 0 saturated carbocycles. The van der Waals surface area contributed by atoms with Gasteiger partial charge in [0.25, 0.3) is 0 Å². The second kappa shape index (κ2) is 8.44. The first kappa shape index (κ1) is 20.3. The summed E-state index contributed by atoms with van der Waals surface area (Å²) >= 11 is 0. The van der Waals surface area contributed by atoms with Crippen molar-refractivity contribution in [3.63, 3.8) is 0 Å². The highest BCUT2D eigenvalue weighted by molar-refractivity contribution is 6.03. The molecule has 0 aliphatic rings. The van der Waals surface area contributed by atoms with Crippen LogP contribution in [-0.4, -0.2) is 29.8 Å². The van der Waals surface area contributed by atoms with Crippen molar-refractivity contribution in [2.75, 3.05) is 13.7 Å². The van der Waals surface area contributed by atoms with Gasteiger partial charge in [0.2, 0.25) is 0 Å². The van der Waals surface area contributed by atoms with E-state index >= 15 is 0 Å². The van der Waals surface area contributed by atoms with Crippen LogP contribution in [-0.2, 0) is 0 Å². The predicted molar refractivity (Wildman–Crippen MR) is 117 cm³/mol. The van der Waals surface area contributed by atoms with Gasteiger partial charge in [-0.1, -0.05) is 18.2 Å². The Labute approximate surface area is 178 Å². The van der Waals surface area contributed by atoms with Gasteiger partial charge in [-0.2, -0.15) is 0 Å². The second-order valence-corrected chi connectivity index (χ2v) is 6.90. The number of methoxy groups -OCH3 is 1. The lowest BCUT2D eigenvalue weighted by molar-refractivity contribution is 0.0699. The van der Waals surface area contributed by atoms with Crippen LogP contribution in [0.4, 0.5) is 4.39 Å². The summed E-state index contributed by atoms with van der Waals surface area (Å²) in [6, 6.07) is 18.7. The molecule has 4 rings (SSSR count). The summed E-state index contributed by atoms with van der Waals surface area (Å²) in [6.45, 7) is 2.50. The van der Waals surface area contributed by atoms with E-state index in [0.717, 1.165) is 16.9 Å². The number of benzene rings is 3. The maximum atomic E-state index is 13.6. The van der Waals surface area contributed by atoms with E-state index in [1.54, 1.807) is 7.11 Å². The Morgan fingerprint density at radius 1 is 1.03 bits per heavy atom. The monoisotopic (exact) mass is 417 g/mol. The molecule has 5 nitrogen and oxygen atoms in total. The zero-order valence-corrected chi connectivity index (χ0v) is 17.1. The van der Waals surface area contributed by atoms with Crippen molar-refractivity contribution in [2.24, 2.45) is 0 Å². The fourth-order valence-electron chi connectivity index (χ4n) is 3.53. The molecule has 0 unspecified atom stereocenters. The van der Waals surface area contributed by atoms with Crippen LogP contribution in [0.15, 0.2) is 66.7 Å². The van der Waals surface area contributed by atoms with Crippen molar-refractivity contribution in [3.05, 3.63) is 78.1 Å². The number of hydrogen-bond acceptors (Lipinski definition) is 4. The van der Waals surface area contributed by atoms with Gasteiger partial charge < -0.3 is 14.6 Å². The molecule has 0 aliphatic carbocycles. The molecule has 0 radical (unpaired) electrons. The fourth-order valence-corrected chi connectivity index (χ4v) is 3.53.